The maximum absolute atomic E-state index is 12.6. The number of aryl methyl sites for hydroxylation is 2. The fraction of sp³-hybridized carbons (Fsp3) is 0.150. The number of anilines is 3. The average molecular weight is 386 g/mol. The van der Waals surface area contributed by atoms with E-state index in [1.807, 2.05) is 32.0 Å². The van der Waals surface area contributed by atoms with Gasteiger partial charge in [-0.05, 0) is 49.2 Å². The van der Waals surface area contributed by atoms with Gasteiger partial charge in [-0.15, -0.1) is 0 Å². The largest absolute Gasteiger partial charge is 0.416 e. The molecule has 0 saturated heterocycles. The summed E-state index contributed by atoms with van der Waals surface area (Å²) < 4.78 is 37.7. The van der Waals surface area contributed by atoms with Crippen molar-refractivity contribution in [3.05, 3.63) is 77.2 Å². The van der Waals surface area contributed by atoms with E-state index in [2.05, 4.69) is 20.6 Å². The molecule has 3 aromatic rings. The summed E-state index contributed by atoms with van der Waals surface area (Å²) >= 11 is 0. The molecule has 2 N–H and O–H groups in total. The van der Waals surface area contributed by atoms with Crippen LogP contribution >= 0.6 is 0 Å². The lowest BCUT2D eigenvalue weighted by Crippen LogP contribution is -2.14. The van der Waals surface area contributed by atoms with Crippen LogP contribution in [-0.4, -0.2) is 15.9 Å². The number of benzene rings is 2. The Morgan fingerprint density at radius 1 is 0.929 bits per heavy atom. The van der Waals surface area contributed by atoms with Crippen molar-refractivity contribution in [3.63, 3.8) is 0 Å². The molecule has 0 bridgehead atoms. The van der Waals surface area contributed by atoms with Crippen molar-refractivity contribution in [2.75, 3.05) is 10.6 Å². The Morgan fingerprint density at radius 2 is 1.57 bits per heavy atom. The van der Waals surface area contributed by atoms with Crippen LogP contribution in [0.3, 0.4) is 0 Å². The molecule has 0 unspecified atom stereocenters. The second-order valence-electron chi connectivity index (χ2n) is 6.21. The Balaban J connectivity index is 1.68. The van der Waals surface area contributed by atoms with Crippen LogP contribution in [0.4, 0.5) is 30.4 Å². The molecule has 1 amide bonds. The molecule has 0 spiro atoms. The van der Waals surface area contributed by atoms with Gasteiger partial charge in [0.05, 0.1) is 18.0 Å². The summed E-state index contributed by atoms with van der Waals surface area (Å²) in [6, 6.07) is 10.1. The molecule has 0 fully saturated rings. The summed E-state index contributed by atoms with van der Waals surface area (Å²) in [5.74, 6) is -0.0886. The highest BCUT2D eigenvalue weighted by molar-refractivity contribution is 6.02. The smallest absolute Gasteiger partial charge is 0.339 e. The number of halogens is 3. The molecular weight excluding hydrogens is 369 g/mol. The first-order valence-electron chi connectivity index (χ1n) is 8.38. The van der Waals surface area contributed by atoms with Gasteiger partial charge in [0.15, 0.2) is 0 Å². The average Bonchev–Trinajstić information content (AvgIpc) is 2.65. The van der Waals surface area contributed by atoms with Crippen molar-refractivity contribution >= 4 is 23.1 Å². The summed E-state index contributed by atoms with van der Waals surface area (Å²) in [5.41, 5.74) is 2.51. The third-order valence-electron chi connectivity index (χ3n) is 4.09. The van der Waals surface area contributed by atoms with Crippen LogP contribution in [0.25, 0.3) is 0 Å². The van der Waals surface area contributed by atoms with Crippen LogP contribution in [0.15, 0.2) is 54.9 Å². The van der Waals surface area contributed by atoms with Crippen molar-refractivity contribution < 1.29 is 18.0 Å². The minimum absolute atomic E-state index is 0.0481. The van der Waals surface area contributed by atoms with Gasteiger partial charge in [0.25, 0.3) is 5.91 Å². The predicted molar refractivity (Wildman–Crippen MR) is 101 cm³/mol. The minimum Gasteiger partial charge on any atom is -0.339 e. The normalized spacial score (nSPS) is 11.2. The van der Waals surface area contributed by atoms with Gasteiger partial charge in [0, 0.05) is 11.4 Å². The number of nitrogens with zero attached hydrogens (tertiary/aromatic N) is 2. The maximum Gasteiger partial charge on any atom is 0.416 e. The summed E-state index contributed by atoms with van der Waals surface area (Å²) in [5, 5.41) is 5.66. The van der Waals surface area contributed by atoms with Gasteiger partial charge in [-0.3, -0.25) is 4.79 Å². The van der Waals surface area contributed by atoms with Crippen molar-refractivity contribution in [2.24, 2.45) is 0 Å². The highest BCUT2D eigenvalue weighted by Crippen LogP contribution is 2.30. The van der Waals surface area contributed by atoms with Crippen molar-refractivity contribution in [1.29, 1.82) is 0 Å². The number of aromatic nitrogens is 2. The van der Waals surface area contributed by atoms with Gasteiger partial charge >= 0.3 is 6.18 Å². The molecule has 0 aliphatic rings. The molecule has 5 nitrogen and oxygen atoms in total. The number of nitrogens with one attached hydrogen (secondary N) is 2. The molecule has 3 rings (SSSR count). The van der Waals surface area contributed by atoms with E-state index in [-0.39, 0.29) is 11.4 Å². The lowest BCUT2D eigenvalue weighted by Gasteiger charge is -2.12. The predicted octanol–water partition coefficient (Wildman–Crippen LogP) is 5.11. The summed E-state index contributed by atoms with van der Waals surface area (Å²) in [6.07, 6.45) is -1.70. The number of para-hydroxylation sites is 1. The van der Waals surface area contributed by atoms with E-state index in [1.54, 1.807) is 0 Å². The van der Waals surface area contributed by atoms with E-state index < -0.39 is 17.6 Å². The second-order valence-corrected chi connectivity index (χ2v) is 6.21. The monoisotopic (exact) mass is 386 g/mol. The minimum atomic E-state index is -4.42. The maximum atomic E-state index is 12.6. The Kier molecular flexibility index (Phi) is 5.30. The van der Waals surface area contributed by atoms with Gasteiger partial charge < -0.3 is 10.6 Å². The van der Waals surface area contributed by atoms with E-state index in [1.165, 1.54) is 24.5 Å². The second kappa shape index (κ2) is 7.67. The molecule has 144 valence electrons. The van der Waals surface area contributed by atoms with Gasteiger partial charge in [-0.1, -0.05) is 18.2 Å². The van der Waals surface area contributed by atoms with Crippen molar-refractivity contribution in [1.82, 2.24) is 9.97 Å². The van der Waals surface area contributed by atoms with Crippen LogP contribution < -0.4 is 10.6 Å². The van der Waals surface area contributed by atoms with Crippen LogP contribution in [-0.2, 0) is 6.18 Å². The van der Waals surface area contributed by atoms with Crippen LogP contribution in [0.5, 0.6) is 0 Å². The molecule has 0 aliphatic heterocycles. The molecule has 0 atom stereocenters. The number of carbonyl (C=O) groups excluding carboxylic acids is 1. The zero-order valence-corrected chi connectivity index (χ0v) is 15.1. The highest BCUT2D eigenvalue weighted by Gasteiger charge is 2.30. The van der Waals surface area contributed by atoms with Crippen molar-refractivity contribution in [2.45, 2.75) is 20.0 Å². The molecule has 0 saturated carbocycles. The Labute approximate surface area is 159 Å². The fourth-order valence-corrected chi connectivity index (χ4v) is 2.59. The number of hydrogen-bond acceptors (Lipinski definition) is 4. The van der Waals surface area contributed by atoms with Gasteiger partial charge in [-0.25, -0.2) is 9.97 Å². The lowest BCUT2D eigenvalue weighted by molar-refractivity contribution is -0.137. The quantitative estimate of drug-likeness (QED) is 0.654. The first-order valence-corrected chi connectivity index (χ1v) is 8.38. The first-order chi connectivity index (χ1) is 13.2. The fourth-order valence-electron chi connectivity index (χ4n) is 2.59. The Hall–Kier alpha value is -3.42. The summed E-state index contributed by atoms with van der Waals surface area (Å²) in [4.78, 5) is 20.5. The van der Waals surface area contributed by atoms with Gasteiger partial charge in [-0.2, -0.15) is 13.2 Å². The number of amides is 1. The topological polar surface area (TPSA) is 66.9 Å². The number of carbonyl (C=O) groups is 1. The molecule has 8 heteroatoms. The van der Waals surface area contributed by atoms with E-state index in [4.69, 9.17) is 0 Å². The van der Waals surface area contributed by atoms with Crippen LogP contribution in [0.2, 0.25) is 0 Å². The third kappa shape index (κ3) is 4.46. The molecule has 2 aromatic carbocycles. The zero-order valence-electron chi connectivity index (χ0n) is 15.1. The van der Waals surface area contributed by atoms with E-state index in [0.29, 0.717) is 5.82 Å². The summed E-state index contributed by atoms with van der Waals surface area (Å²) in [6.45, 7) is 3.93. The lowest BCUT2D eigenvalue weighted by atomic mass is 10.1. The first kappa shape index (κ1) is 19.3. The van der Waals surface area contributed by atoms with Crippen LogP contribution in [0, 0.1) is 13.8 Å². The molecule has 28 heavy (non-hydrogen) atoms. The molecule has 1 aromatic heterocycles. The van der Waals surface area contributed by atoms with E-state index in [9.17, 15) is 18.0 Å². The Morgan fingerprint density at radius 3 is 2.11 bits per heavy atom. The molecule has 0 radical (unpaired) electrons. The number of hydrogen-bond donors (Lipinski definition) is 2. The summed E-state index contributed by atoms with van der Waals surface area (Å²) in [7, 11) is 0. The molecule has 1 heterocycles. The van der Waals surface area contributed by atoms with Gasteiger partial charge in [0.1, 0.15) is 11.5 Å². The highest BCUT2D eigenvalue weighted by atomic mass is 19.4. The van der Waals surface area contributed by atoms with Crippen molar-refractivity contribution in [3.8, 4) is 0 Å². The van der Waals surface area contributed by atoms with Gasteiger partial charge in [0.2, 0.25) is 0 Å². The zero-order chi connectivity index (χ0) is 20.3. The van der Waals surface area contributed by atoms with E-state index >= 15 is 0 Å². The standard InChI is InChI=1S/C20H17F3N4O/c1-12-4-3-5-13(2)18(12)27-17-11-24-16(10-25-17)19(28)26-15-8-6-14(7-9-15)20(21,22)23/h3-11H,1-2H3,(H,25,27)(H,26,28). The third-order valence-corrected chi connectivity index (χ3v) is 4.09. The van der Waals surface area contributed by atoms with E-state index in [0.717, 1.165) is 28.9 Å². The van der Waals surface area contributed by atoms with Crippen LogP contribution in [0.1, 0.15) is 27.2 Å². The number of alkyl halides is 3. The Bertz CT molecular complexity index is 964. The number of rotatable bonds is 4. The molecular formula is C20H17F3N4O. The molecule has 0 aliphatic carbocycles. The SMILES string of the molecule is Cc1cccc(C)c1Nc1cnc(C(=O)Nc2ccc(C(F)(F)F)cc2)cn1.